The highest BCUT2D eigenvalue weighted by atomic mass is 16.5. The van der Waals surface area contributed by atoms with E-state index in [1.54, 1.807) is 25.3 Å². The number of benzene rings is 2. The van der Waals surface area contributed by atoms with Crippen LogP contribution in [0.2, 0.25) is 0 Å². The van der Waals surface area contributed by atoms with Gasteiger partial charge < -0.3 is 24.5 Å². The molecule has 0 aliphatic heterocycles. The molecule has 9 nitrogen and oxygen atoms in total. The molecule has 0 saturated heterocycles. The van der Waals surface area contributed by atoms with Gasteiger partial charge in [0.25, 0.3) is 5.56 Å². The molecular weight excluding hydrogens is 412 g/mol. The molecule has 2 aromatic carbocycles. The molecule has 2 N–H and O–H groups in total. The first-order valence-electron chi connectivity index (χ1n) is 10.1. The molecule has 0 spiro atoms. The Bertz CT molecular complexity index is 1110. The second-order valence-electron chi connectivity index (χ2n) is 6.96. The van der Waals surface area contributed by atoms with Gasteiger partial charge in [0.2, 0.25) is 5.91 Å². The molecule has 32 heavy (non-hydrogen) atoms. The number of aryl methyl sites for hydroxylation is 1. The Morgan fingerprint density at radius 2 is 1.69 bits per heavy atom. The van der Waals surface area contributed by atoms with E-state index < -0.39 is 5.56 Å². The summed E-state index contributed by atoms with van der Waals surface area (Å²) in [4.78, 5) is 27.3. The first kappa shape index (κ1) is 22.8. The maximum Gasteiger partial charge on any atom is 0.273 e. The van der Waals surface area contributed by atoms with Crippen molar-refractivity contribution in [2.45, 2.75) is 19.3 Å². The monoisotopic (exact) mass is 438 g/mol. The van der Waals surface area contributed by atoms with E-state index in [0.29, 0.717) is 30.0 Å². The van der Waals surface area contributed by atoms with E-state index >= 15 is 0 Å². The van der Waals surface area contributed by atoms with Gasteiger partial charge in [-0.3, -0.25) is 9.59 Å². The molecule has 1 heterocycles. The van der Waals surface area contributed by atoms with Gasteiger partial charge in [-0.15, -0.1) is 10.2 Å². The minimum atomic E-state index is -0.390. The smallest absolute Gasteiger partial charge is 0.273 e. The largest absolute Gasteiger partial charge is 0.497 e. The summed E-state index contributed by atoms with van der Waals surface area (Å²) in [7, 11) is 4.70. The van der Waals surface area contributed by atoms with E-state index in [9.17, 15) is 9.59 Å². The van der Waals surface area contributed by atoms with Gasteiger partial charge in [-0.1, -0.05) is 18.2 Å². The van der Waals surface area contributed by atoms with Crippen LogP contribution in [0.1, 0.15) is 17.7 Å². The molecule has 0 atom stereocenters. The molecule has 0 fully saturated rings. The maximum atomic E-state index is 12.4. The number of aromatic nitrogens is 3. The fourth-order valence-electron chi connectivity index (χ4n) is 3.16. The standard InChI is InChI=1S/C23H26N4O5/c1-30-17-12-16(13-18(14-17)31-2)22-25-23(29)19(26-27-22)8-9-21(28)24-11-10-15-6-4-5-7-20(15)32-3/h4-7,12-14H,8-11H2,1-3H3,(H,24,28)(H,25,27,29). The summed E-state index contributed by atoms with van der Waals surface area (Å²) in [6.07, 6.45) is 0.968. The molecule has 0 unspecified atom stereocenters. The van der Waals surface area contributed by atoms with Gasteiger partial charge in [0.05, 0.1) is 21.3 Å². The number of nitrogens with one attached hydrogen (secondary N) is 2. The molecule has 1 aromatic heterocycles. The highest BCUT2D eigenvalue weighted by Crippen LogP contribution is 2.27. The number of ether oxygens (including phenoxy) is 3. The van der Waals surface area contributed by atoms with Crippen LogP contribution >= 0.6 is 0 Å². The third kappa shape index (κ3) is 5.84. The minimum Gasteiger partial charge on any atom is -0.497 e. The zero-order chi connectivity index (χ0) is 22.9. The van der Waals surface area contributed by atoms with Crippen LogP contribution in [0.5, 0.6) is 17.2 Å². The van der Waals surface area contributed by atoms with Crippen LogP contribution in [0.3, 0.4) is 0 Å². The van der Waals surface area contributed by atoms with E-state index in [1.807, 2.05) is 24.3 Å². The normalized spacial score (nSPS) is 10.5. The van der Waals surface area contributed by atoms with Gasteiger partial charge in [0, 0.05) is 31.0 Å². The predicted molar refractivity (Wildman–Crippen MR) is 119 cm³/mol. The summed E-state index contributed by atoms with van der Waals surface area (Å²) in [6.45, 7) is 0.470. The van der Waals surface area contributed by atoms with Crippen LogP contribution in [0, 0.1) is 0 Å². The van der Waals surface area contributed by atoms with Crippen molar-refractivity contribution < 1.29 is 19.0 Å². The van der Waals surface area contributed by atoms with Crippen LogP contribution in [-0.2, 0) is 17.6 Å². The van der Waals surface area contributed by atoms with Crippen LogP contribution < -0.4 is 25.1 Å². The molecule has 0 saturated carbocycles. The molecule has 1 amide bonds. The number of aromatic amines is 1. The third-order valence-electron chi connectivity index (χ3n) is 4.89. The second kappa shape index (κ2) is 10.9. The summed E-state index contributed by atoms with van der Waals surface area (Å²) < 4.78 is 15.8. The zero-order valence-corrected chi connectivity index (χ0v) is 18.3. The lowest BCUT2D eigenvalue weighted by Crippen LogP contribution is -2.27. The number of amides is 1. The van der Waals surface area contributed by atoms with E-state index in [-0.39, 0.29) is 30.3 Å². The molecule has 0 bridgehead atoms. The Kier molecular flexibility index (Phi) is 7.80. The van der Waals surface area contributed by atoms with Crippen molar-refractivity contribution in [1.82, 2.24) is 20.5 Å². The average molecular weight is 438 g/mol. The molecule has 9 heteroatoms. The molecule has 0 radical (unpaired) electrons. The van der Waals surface area contributed by atoms with Crippen molar-refractivity contribution in [3.05, 3.63) is 64.1 Å². The lowest BCUT2D eigenvalue weighted by molar-refractivity contribution is -0.121. The second-order valence-corrected chi connectivity index (χ2v) is 6.96. The average Bonchev–Trinajstić information content (AvgIpc) is 2.83. The van der Waals surface area contributed by atoms with Gasteiger partial charge in [-0.2, -0.15) is 0 Å². The van der Waals surface area contributed by atoms with E-state index in [0.717, 1.165) is 11.3 Å². The highest BCUT2D eigenvalue weighted by Gasteiger charge is 2.12. The van der Waals surface area contributed by atoms with Gasteiger partial charge in [0.15, 0.2) is 5.82 Å². The van der Waals surface area contributed by atoms with E-state index in [1.165, 1.54) is 14.2 Å². The summed E-state index contributed by atoms with van der Waals surface area (Å²) in [5.74, 6) is 2.05. The zero-order valence-electron chi connectivity index (χ0n) is 18.3. The Hall–Kier alpha value is -3.88. The third-order valence-corrected chi connectivity index (χ3v) is 4.89. The molecule has 3 aromatic rings. The molecule has 0 aliphatic rings. The predicted octanol–water partition coefficient (Wildman–Crippen LogP) is 2.15. The van der Waals surface area contributed by atoms with Crippen LogP contribution in [-0.4, -0.2) is 49.0 Å². The number of carbonyl (C=O) groups excluding carboxylic acids is 1. The van der Waals surface area contributed by atoms with Crippen LogP contribution in [0.4, 0.5) is 0 Å². The van der Waals surface area contributed by atoms with Crippen molar-refractivity contribution in [3.63, 3.8) is 0 Å². The van der Waals surface area contributed by atoms with Crippen molar-refractivity contribution >= 4 is 5.91 Å². The highest BCUT2D eigenvalue weighted by molar-refractivity contribution is 5.76. The minimum absolute atomic E-state index is 0.135. The van der Waals surface area contributed by atoms with Gasteiger partial charge in [0.1, 0.15) is 22.9 Å². The number of hydrogen-bond donors (Lipinski definition) is 2. The molecule has 168 valence electrons. The first-order valence-corrected chi connectivity index (χ1v) is 10.1. The molecule has 3 rings (SSSR count). The van der Waals surface area contributed by atoms with Crippen LogP contribution in [0.25, 0.3) is 11.4 Å². The lowest BCUT2D eigenvalue weighted by atomic mass is 10.1. The quantitative estimate of drug-likeness (QED) is 0.498. The summed E-state index contributed by atoms with van der Waals surface area (Å²) >= 11 is 0. The number of nitrogens with zero attached hydrogens (tertiary/aromatic N) is 2. The fraction of sp³-hybridized carbons (Fsp3) is 0.304. The topological polar surface area (TPSA) is 115 Å². The Balaban J connectivity index is 1.57. The number of para-hydroxylation sites is 1. The molecule has 0 aliphatic carbocycles. The summed E-state index contributed by atoms with van der Waals surface area (Å²) in [6, 6.07) is 12.8. The Morgan fingerprint density at radius 3 is 2.34 bits per heavy atom. The van der Waals surface area contributed by atoms with Gasteiger partial charge in [-0.05, 0) is 30.2 Å². The molecular formula is C23H26N4O5. The number of methoxy groups -OCH3 is 3. The number of rotatable bonds is 10. The first-order chi connectivity index (χ1) is 15.5. The van der Waals surface area contributed by atoms with Crippen molar-refractivity contribution in [1.29, 1.82) is 0 Å². The van der Waals surface area contributed by atoms with E-state index in [2.05, 4.69) is 20.5 Å². The SMILES string of the molecule is COc1cc(OC)cc(-c2nnc(CCC(=O)NCCc3ccccc3OC)c(=O)[nH]2)c1. The van der Waals surface area contributed by atoms with Gasteiger partial charge >= 0.3 is 0 Å². The Labute approximate surface area is 185 Å². The summed E-state index contributed by atoms with van der Waals surface area (Å²) in [5, 5.41) is 11.0. The Morgan fingerprint density at radius 1 is 0.969 bits per heavy atom. The number of H-pyrrole nitrogens is 1. The number of carbonyl (C=O) groups is 1. The van der Waals surface area contributed by atoms with Crippen LogP contribution in [0.15, 0.2) is 47.3 Å². The maximum absolute atomic E-state index is 12.4. The summed E-state index contributed by atoms with van der Waals surface area (Å²) in [5.41, 5.74) is 1.43. The number of hydrogen-bond acceptors (Lipinski definition) is 7. The van der Waals surface area contributed by atoms with Crippen molar-refractivity contribution in [2.75, 3.05) is 27.9 Å². The van der Waals surface area contributed by atoms with E-state index in [4.69, 9.17) is 14.2 Å². The fourth-order valence-corrected chi connectivity index (χ4v) is 3.16. The lowest BCUT2D eigenvalue weighted by Gasteiger charge is -2.09. The van der Waals surface area contributed by atoms with Crippen molar-refractivity contribution in [3.8, 4) is 28.6 Å². The van der Waals surface area contributed by atoms with Crippen molar-refractivity contribution in [2.24, 2.45) is 0 Å². The van der Waals surface area contributed by atoms with Gasteiger partial charge in [-0.25, -0.2) is 0 Å².